The molecule has 0 saturated heterocycles. The molecule has 0 saturated carbocycles. The van der Waals surface area contributed by atoms with E-state index in [2.05, 4.69) is 106 Å². The van der Waals surface area contributed by atoms with Crippen LogP contribution in [0.3, 0.4) is 0 Å². The fraction of sp³-hybridized carbons (Fsp3) is 0.738. The highest BCUT2D eigenvalue weighted by molar-refractivity contribution is 5.71. The van der Waals surface area contributed by atoms with Crippen LogP contribution in [-0.4, -0.2) is 37.2 Å². The van der Waals surface area contributed by atoms with Gasteiger partial charge in [0.25, 0.3) is 0 Å². The Hall–Kier alpha value is -3.41. The van der Waals surface area contributed by atoms with Crippen molar-refractivity contribution in [3.63, 3.8) is 0 Å². The molecule has 0 aliphatic heterocycles. The molecule has 0 aromatic carbocycles. The molecule has 0 aliphatic carbocycles. The van der Waals surface area contributed by atoms with E-state index in [4.69, 9.17) is 14.2 Å². The van der Waals surface area contributed by atoms with Crippen LogP contribution < -0.4 is 0 Å². The highest BCUT2D eigenvalue weighted by Gasteiger charge is 2.19. The Labute approximate surface area is 439 Å². The molecule has 0 rings (SSSR count). The zero-order valence-electron chi connectivity index (χ0n) is 46.7. The average Bonchev–Trinajstić information content (AvgIpc) is 3.37. The molecule has 408 valence electrons. The minimum absolute atomic E-state index is 0.0880. The SMILES string of the molecule is CC/C=C\C/C=C\C/C=C\CCCCCCCC(=O)OC(COC(=O)CCCCCCC/C=C\CCCCCC)COC(=O)CCCCCCCCCCCC/C=C\C/C=C\C/C=C\CCCCCCC. The molecule has 1 atom stereocenters. The van der Waals surface area contributed by atoms with Gasteiger partial charge in [0.1, 0.15) is 13.2 Å². The van der Waals surface area contributed by atoms with Crippen molar-refractivity contribution < 1.29 is 28.6 Å². The zero-order chi connectivity index (χ0) is 51.4. The van der Waals surface area contributed by atoms with Crippen molar-refractivity contribution in [2.75, 3.05) is 13.2 Å². The Bertz CT molecular complexity index is 1370. The number of hydrogen-bond acceptors (Lipinski definition) is 6. The number of hydrogen-bond donors (Lipinski definition) is 0. The lowest BCUT2D eigenvalue weighted by Crippen LogP contribution is -2.30. The van der Waals surface area contributed by atoms with E-state index in [9.17, 15) is 14.4 Å². The van der Waals surface area contributed by atoms with E-state index in [1.807, 2.05) is 0 Å². The Kier molecular flexibility index (Phi) is 56.3. The molecule has 0 heterocycles. The van der Waals surface area contributed by atoms with Gasteiger partial charge in [0.2, 0.25) is 0 Å². The van der Waals surface area contributed by atoms with Crippen LogP contribution in [0, 0.1) is 0 Å². The summed E-state index contributed by atoms with van der Waals surface area (Å²) >= 11 is 0. The molecule has 1 unspecified atom stereocenters. The van der Waals surface area contributed by atoms with E-state index in [0.717, 1.165) is 116 Å². The van der Waals surface area contributed by atoms with Crippen LogP contribution in [0.2, 0.25) is 0 Å². The predicted octanol–water partition coefficient (Wildman–Crippen LogP) is 20.3. The van der Waals surface area contributed by atoms with Crippen molar-refractivity contribution in [2.24, 2.45) is 0 Å². The Morgan fingerprint density at radius 2 is 0.549 bits per heavy atom. The number of carbonyl (C=O) groups excluding carboxylic acids is 3. The van der Waals surface area contributed by atoms with Gasteiger partial charge in [0.15, 0.2) is 6.10 Å². The second-order valence-electron chi connectivity index (χ2n) is 19.9. The predicted molar refractivity (Wildman–Crippen MR) is 307 cm³/mol. The standard InChI is InChI=1S/C65H112O6/c1-4-7-10-13-16-19-22-25-27-28-29-30-31-32-33-34-35-36-38-40-43-46-49-52-55-58-64(67)70-61-62(60-69-63(66)57-54-51-48-45-42-39-24-21-18-15-12-9-6-3)71-65(68)59-56-53-50-47-44-41-37-26-23-20-17-14-11-8-5-2/h8,11,17,20-22,24-26,28-29,31-32,37,62H,4-7,9-10,12-16,18-19,23,27,30,33-36,38-61H2,1-3H3/b11-8-,20-17-,24-21-,25-22-,29-28-,32-31-,37-26-. The third kappa shape index (κ3) is 57.4. The van der Waals surface area contributed by atoms with Gasteiger partial charge in [-0.05, 0) is 116 Å². The maximum absolute atomic E-state index is 12.8. The van der Waals surface area contributed by atoms with Crippen LogP contribution in [0.25, 0.3) is 0 Å². The Balaban J connectivity index is 4.32. The van der Waals surface area contributed by atoms with Crippen molar-refractivity contribution in [2.45, 2.75) is 297 Å². The van der Waals surface area contributed by atoms with Gasteiger partial charge in [-0.25, -0.2) is 0 Å². The van der Waals surface area contributed by atoms with Gasteiger partial charge in [0.05, 0.1) is 0 Å². The quantitative estimate of drug-likeness (QED) is 0.0261. The lowest BCUT2D eigenvalue weighted by Gasteiger charge is -2.18. The summed E-state index contributed by atoms with van der Waals surface area (Å²) in [6.45, 7) is 6.49. The van der Waals surface area contributed by atoms with Gasteiger partial charge in [-0.1, -0.05) is 241 Å². The number of ether oxygens (including phenoxy) is 3. The molecule has 0 fully saturated rings. The van der Waals surface area contributed by atoms with E-state index in [-0.39, 0.29) is 31.1 Å². The van der Waals surface area contributed by atoms with Crippen LogP contribution >= 0.6 is 0 Å². The van der Waals surface area contributed by atoms with Gasteiger partial charge in [-0.3, -0.25) is 14.4 Å². The topological polar surface area (TPSA) is 78.9 Å². The molecule has 71 heavy (non-hydrogen) atoms. The third-order valence-electron chi connectivity index (χ3n) is 12.9. The van der Waals surface area contributed by atoms with E-state index in [0.29, 0.717) is 19.3 Å². The molecule has 0 aromatic heterocycles. The summed E-state index contributed by atoms with van der Waals surface area (Å²) in [6, 6.07) is 0. The highest BCUT2D eigenvalue weighted by atomic mass is 16.6. The average molecular weight is 990 g/mol. The molecule has 0 spiro atoms. The van der Waals surface area contributed by atoms with Gasteiger partial charge in [-0.15, -0.1) is 0 Å². The highest BCUT2D eigenvalue weighted by Crippen LogP contribution is 2.15. The number of rotatable bonds is 54. The molecular formula is C65H112O6. The summed E-state index contributed by atoms with van der Waals surface area (Å²) in [4.78, 5) is 38.2. The first-order chi connectivity index (χ1) is 35.0. The van der Waals surface area contributed by atoms with Crippen LogP contribution in [-0.2, 0) is 28.6 Å². The van der Waals surface area contributed by atoms with Crippen molar-refractivity contribution in [3.05, 3.63) is 85.1 Å². The lowest BCUT2D eigenvalue weighted by atomic mass is 10.1. The number of allylic oxidation sites excluding steroid dienone is 14. The minimum Gasteiger partial charge on any atom is -0.462 e. The smallest absolute Gasteiger partial charge is 0.306 e. The first-order valence-corrected chi connectivity index (χ1v) is 30.1. The summed E-state index contributed by atoms with van der Waals surface area (Å²) < 4.78 is 16.9. The maximum atomic E-state index is 12.8. The molecule has 0 radical (unpaired) electrons. The minimum atomic E-state index is -0.791. The fourth-order valence-electron chi connectivity index (χ4n) is 8.34. The second kappa shape index (κ2) is 59.2. The summed E-state index contributed by atoms with van der Waals surface area (Å²) in [7, 11) is 0. The Morgan fingerprint density at radius 1 is 0.296 bits per heavy atom. The van der Waals surface area contributed by atoms with Crippen LogP contribution in [0.5, 0.6) is 0 Å². The van der Waals surface area contributed by atoms with E-state index in [1.165, 1.54) is 135 Å². The van der Waals surface area contributed by atoms with Gasteiger partial charge in [-0.2, -0.15) is 0 Å². The van der Waals surface area contributed by atoms with Gasteiger partial charge in [0, 0.05) is 19.3 Å². The molecule has 0 aromatic rings. The number of carbonyl (C=O) groups is 3. The molecule has 0 amide bonds. The van der Waals surface area contributed by atoms with E-state index < -0.39 is 6.10 Å². The fourth-order valence-corrected chi connectivity index (χ4v) is 8.34. The zero-order valence-corrected chi connectivity index (χ0v) is 46.7. The monoisotopic (exact) mass is 989 g/mol. The van der Waals surface area contributed by atoms with Crippen molar-refractivity contribution in [1.82, 2.24) is 0 Å². The summed E-state index contributed by atoms with van der Waals surface area (Å²) in [5.74, 6) is -0.911. The molecule has 0 N–H and O–H groups in total. The second-order valence-corrected chi connectivity index (χ2v) is 19.9. The summed E-state index contributed by atoms with van der Waals surface area (Å²) in [5.41, 5.74) is 0. The maximum Gasteiger partial charge on any atom is 0.306 e. The first kappa shape index (κ1) is 67.6. The van der Waals surface area contributed by atoms with Crippen LogP contribution in [0.15, 0.2) is 85.1 Å². The normalized spacial score (nSPS) is 12.7. The van der Waals surface area contributed by atoms with Crippen molar-refractivity contribution in [1.29, 1.82) is 0 Å². The molecule has 0 aliphatic rings. The third-order valence-corrected chi connectivity index (χ3v) is 12.9. The summed E-state index contributed by atoms with van der Waals surface area (Å²) in [5, 5.41) is 0. The van der Waals surface area contributed by atoms with Crippen LogP contribution in [0.1, 0.15) is 290 Å². The van der Waals surface area contributed by atoms with Crippen molar-refractivity contribution in [3.8, 4) is 0 Å². The number of unbranched alkanes of at least 4 members (excludes halogenated alkanes) is 29. The molecule has 0 bridgehead atoms. The number of esters is 3. The Morgan fingerprint density at radius 3 is 0.887 bits per heavy atom. The van der Waals surface area contributed by atoms with Gasteiger partial charge >= 0.3 is 17.9 Å². The molecule has 6 nitrogen and oxygen atoms in total. The van der Waals surface area contributed by atoms with Gasteiger partial charge < -0.3 is 14.2 Å². The molecule has 6 heteroatoms. The first-order valence-electron chi connectivity index (χ1n) is 30.1. The summed E-state index contributed by atoms with van der Waals surface area (Å²) in [6.07, 6.45) is 77.2. The molecular weight excluding hydrogens is 877 g/mol. The van der Waals surface area contributed by atoms with E-state index >= 15 is 0 Å². The van der Waals surface area contributed by atoms with Crippen LogP contribution in [0.4, 0.5) is 0 Å². The van der Waals surface area contributed by atoms with Crippen molar-refractivity contribution >= 4 is 17.9 Å². The largest absolute Gasteiger partial charge is 0.462 e. The lowest BCUT2D eigenvalue weighted by molar-refractivity contribution is -0.167. The van der Waals surface area contributed by atoms with E-state index in [1.54, 1.807) is 0 Å².